The van der Waals surface area contributed by atoms with Gasteiger partial charge in [-0.2, -0.15) is 17.8 Å². The van der Waals surface area contributed by atoms with Gasteiger partial charge < -0.3 is 5.32 Å². The molecular formula is C9H9N3O3S2. The van der Waals surface area contributed by atoms with E-state index in [1.165, 1.54) is 29.7 Å². The molecule has 0 spiro atoms. The van der Waals surface area contributed by atoms with Gasteiger partial charge in [-0.25, -0.2) is 0 Å². The number of nitrogens with zero attached hydrogens (tertiary/aromatic N) is 2. The highest BCUT2D eigenvalue weighted by Gasteiger charge is 2.12. The minimum atomic E-state index is -4.20. The summed E-state index contributed by atoms with van der Waals surface area (Å²) in [5, 5.41) is 3.48. The fourth-order valence-corrected chi connectivity index (χ4v) is 2.30. The average Bonchev–Trinajstić information content (AvgIpc) is 2.76. The third-order valence-electron chi connectivity index (χ3n) is 2.03. The summed E-state index contributed by atoms with van der Waals surface area (Å²) in [4.78, 5) is 3.97. The molecule has 0 aliphatic carbocycles. The molecule has 0 fully saturated rings. The van der Waals surface area contributed by atoms with Gasteiger partial charge in [0.05, 0.1) is 4.90 Å². The van der Waals surface area contributed by atoms with Crippen LogP contribution in [-0.4, -0.2) is 29.4 Å². The van der Waals surface area contributed by atoms with E-state index in [9.17, 15) is 8.42 Å². The minimum absolute atomic E-state index is 0.171. The summed E-state index contributed by atoms with van der Waals surface area (Å²) in [5.41, 5.74) is 0.540. The summed E-state index contributed by atoms with van der Waals surface area (Å²) in [6, 6.07) is 5.84. The summed E-state index contributed by atoms with van der Waals surface area (Å²) in [6.07, 6.45) is 0. The second kappa shape index (κ2) is 4.40. The first kappa shape index (κ1) is 12.0. The maximum Gasteiger partial charge on any atom is 0.294 e. The van der Waals surface area contributed by atoms with Crippen molar-refractivity contribution in [1.29, 1.82) is 0 Å². The van der Waals surface area contributed by atoms with Crippen LogP contribution >= 0.6 is 11.5 Å². The number of nitrogens with one attached hydrogen (secondary N) is 1. The molecule has 6 nitrogen and oxygen atoms in total. The average molecular weight is 271 g/mol. The van der Waals surface area contributed by atoms with Crippen LogP contribution in [0.5, 0.6) is 0 Å². The highest BCUT2D eigenvalue weighted by atomic mass is 32.2. The van der Waals surface area contributed by atoms with E-state index in [1.807, 2.05) is 0 Å². The molecule has 0 aliphatic heterocycles. The molecule has 0 saturated carbocycles. The predicted octanol–water partition coefficient (Wildman–Crippen LogP) is 1.49. The Morgan fingerprint density at radius 1 is 1.41 bits per heavy atom. The van der Waals surface area contributed by atoms with Crippen molar-refractivity contribution in [2.75, 3.05) is 12.4 Å². The zero-order chi connectivity index (χ0) is 12.5. The quantitative estimate of drug-likeness (QED) is 0.822. The molecule has 0 unspecified atom stereocenters. The maximum atomic E-state index is 11.0. The predicted molar refractivity (Wildman–Crippen MR) is 64.7 cm³/mol. The van der Waals surface area contributed by atoms with Gasteiger partial charge in [-0.15, -0.1) is 0 Å². The summed E-state index contributed by atoms with van der Waals surface area (Å²) in [5.74, 6) is 0.421. The van der Waals surface area contributed by atoms with Gasteiger partial charge in [-0.1, -0.05) is 12.1 Å². The standard InChI is InChI=1S/C9H9N3O3S2/c1-10-9-11-8(12-16-9)6-3-2-4-7(5-6)17(13,14)15/h2-5H,1H3,(H,10,11,12)(H,13,14,15). The second-order valence-electron chi connectivity index (χ2n) is 3.18. The summed E-state index contributed by atoms with van der Waals surface area (Å²) in [6.45, 7) is 0. The molecule has 90 valence electrons. The van der Waals surface area contributed by atoms with E-state index < -0.39 is 10.1 Å². The van der Waals surface area contributed by atoms with Gasteiger partial charge in [0, 0.05) is 24.1 Å². The van der Waals surface area contributed by atoms with Gasteiger partial charge in [0.15, 0.2) is 5.82 Å². The van der Waals surface area contributed by atoms with Gasteiger partial charge in [0.25, 0.3) is 10.1 Å². The molecule has 2 N–H and O–H groups in total. The fourth-order valence-electron chi connectivity index (χ4n) is 1.24. The van der Waals surface area contributed by atoms with Crippen molar-refractivity contribution < 1.29 is 13.0 Å². The Bertz CT molecular complexity index is 636. The van der Waals surface area contributed by atoms with Crippen LogP contribution < -0.4 is 5.32 Å². The van der Waals surface area contributed by atoms with E-state index in [4.69, 9.17) is 4.55 Å². The number of hydrogen-bond donors (Lipinski definition) is 2. The molecule has 0 bridgehead atoms. The zero-order valence-electron chi connectivity index (χ0n) is 8.78. The van der Waals surface area contributed by atoms with E-state index >= 15 is 0 Å². The monoisotopic (exact) mass is 271 g/mol. The van der Waals surface area contributed by atoms with Crippen LogP contribution in [0.2, 0.25) is 0 Å². The Balaban J connectivity index is 2.46. The highest BCUT2D eigenvalue weighted by molar-refractivity contribution is 7.85. The molecule has 0 radical (unpaired) electrons. The molecule has 0 amide bonds. The topological polar surface area (TPSA) is 92.2 Å². The Labute approximate surface area is 102 Å². The molecule has 0 aliphatic rings. The van der Waals surface area contributed by atoms with Crippen LogP contribution in [0.1, 0.15) is 0 Å². The van der Waals surface area contributed by atoms with Crippen LogP contribution in [0.3, 0.4) is 0 Å². The van der Waals surface area contributed by atoms with E-state index in [0.29, 0.717) is 16.5 Å². The zero-order valence-corrected chi connectivity index (χ0v) is 10.4. The van der Waals surface area contributed by atoms with Crippen molar-refractivity contribution in [3.05, 3.63) is 24.3 Å². The Kier molecular flexibility index (Phi) is 3.09. The summed E-state index contributed by atoms with van der Waals surface area (Å²) >= 11 is 1.17. The van der Waals surface area contributed by atoms with E-state index in [-0.39, 0.29) is 4.90 Å². The normalized spacial score (nSPS) is 11.4. The highest BCUT2D eigenvalue weighted by Crippen LogP contribution is 2.23. The Hall–Kier alpha value is -1.51. The van der Waals surface area contributed by atoms with Crippen molar-refractivity contribution in [2.45, 2.75) is 4.90 Å². The molecule has 17 heavy (non-hydrogen) atoms. The van der Waals surface area contributed by atoms with Crippen LogP contribution in [-0.2, 0) is 10.1 Å². The molecule has 0 atom stereocenters. The van der Waals surface area contributed by atoms with E-state index in [2.05, 4.69) is 14.7 Å². The van der Waals surface area contributed by atoms with Crippen LogP contribution in [0.4, 0.5) is 5.13 Å². The van der Waals surface area contributed by atoms with Crippen molar-refractivity contribution in [3.8, 4) is 11.4 Å². The number of rotatable bonds is 3. The number of benzene rings is 1. The lowest BCUT2D eigenvalue weighted by Gasteiger charge is -1.99. The number of anilines is 1. The first-order valence-corrected chi connectivity index (χ1v) is 6.81. The SMILES string of the molecule is CNc1nc(-c2cccc(S(=O)(=O)O)c2)ns1. The van der Waals surface area contributed by atoms with Gasteiger partial charge in [-0.3, -0.25) is 4.55 Å². The number of aromatic nitrogens is 2. The van der Waals surface area contributed by atoms with Gasteiger partial charge in [0.1, 0.15) is 0 Å². The molecular weight excluding hydrogens is 262 g/mol. The smallest absolute Gasteiger partial charge is 0.294 e. The molecule has 1 aromatic heterocycles. The van der Waals surface area contributed by atoms with Crippen molar-refractivity contribution in [3.63, 3.8) is 0 Å². The first-order chi connectivity index (χ1) is 8.00. The third kappa shape index (κ3) is 2.60. The second-order valence-corrected chi connectivity index (χ2v) is 5.35. The fraction of sp³-hybridized carbons (Fsp3) is 0.111. The third-order valence-corrected chi connectivity index (χ3v) is 3.61. The van der Waals surface area contributed by atoms with Gasteiger partial charge >= 0.3 is 0 Å². The Morgan fingerprint density at radius 2 is 2.18 bits per heavy atom. The van der Waals surface area contributed by atoms with Crippen molar-refractivity contribution in [2.24, 2.45) is 0 Å². The number of hydrogen-bond acceptors (Lipinski definition) is 6. The lowest BCUT2D eigenvalue weighted by molar-refractivity contribution is 0.483. The first-order valence-electron chi connectivity index (χ1n) is 4.60. The molecule has 2 rings (SSSR count). The van der Waals surface area contributed by atoms with E-state index in [0.717, 1.165) is 0 Å². The van der Waals surface area contributed by atoms with Crippen LogP contribution in [0.25, 0.3) is 11.4 Å². The maximum absolute atomic E-state index is 11.0. The lowest BCUT2D eigenvalue weighted by Crippen LogP contribution is -1.98. The molecule has 1 heterocycles. The van der Waals surface area contributed by atoms with Gasteiger partial charge in [-0.05, 0) is 12.1 Å². The molecule has 1 aromatic carbocycles. The molecule has 8 heteroatoms. The largest absolute Gasteiger partial charge is 0.363 e. The Morgan fingerprint density at radius 3 is 2.76 bits per heavy atom. The van der Waals surface area contributed by atoms with Crippen molar-refractivity contribution in [1.82, 2.24) is 9.36 Å². The molecule has 0 saturated heterocycles. The lowest BCUT2D eigenvalue weighted by atomic mass is 10.2. The van der Waals surface area contributed by atoms with Crippen LogP contribution in [0.15, 0.2) is 29.2 Å². The molecule has 2 aromatic rings. The van der Waals surface area contributed by atoms with Gasteiger partial charge in [0.2, 0.25) is 5.13 Å². The van der Waals surface area contributed by atoms with Crippen molar-refractivity contribution >= 4 is 26.8 Å². The summed E-state index contributed by atoms with van der Waals surface area (Å²) < 4.78 is 35.0. The van der Waals surface area contributed by atoms with E-state index in [1.54, 1.807) is 13.1 Å². The summed E-state index contributed by atoms with van der Waals surface area (Å²) in [7, 11) is -2.48. The van der Waals surface area contributed by atoms with Crippen LogP contribution in [0, 0.1) is 0 Å². The minimum Gasteiger partial charge on any atom is -0.363 e.